The average Bonchev–Trinajstić information content (AvgIpc) is 1.91. The van der Waals surface area contributed by atoms with E-state index in [1.54, 1.807) is 5.94 Å². The highest BCUT2D eigenvalue weighted by molar-refractivity contribution is 5.45. The van der Waals surface area contributed by atoms with E-state index in [2.05, 4.69) is 0 Å². The highest BCUT2D eigenvalue weighted by atomic mass is 16.7. The van der Waals surface area contributed by atoms with Crippen LogP contribution in [0.25, 0.3) is 0 Å². The van der Waals surface area contributed by atoms with Gasteiger partial charge in [0, 0.05) is 12.0 Å². The summed E-state index contributed by atoms with van der Waals surface area (Å²) in [6, 6.07) is 0. The van der Waals surface area contributed by atoms with Crippen LogP contribution in [0.1, 0.15) is 0 Å². The van der Waals surface area contributed by atoms with Crippen LogP contribution in [0.3, 0.4) is 0 Å². The summed E-state index contributed by atoms with van der Waals surface area (Å²) >= 11 is 0. The number of rotatable bonds is 1. The third-order valence-electron chi connectivity index (χ3n) is 1.13. The van der Waals surface area contributed by atoms with E-state index in [4.69, 9.17) is 9.47 Å². The van der Waals surface area contributed by atoms with E-state index in [9.17, 15) is 4.79 Å². The normalized spacial score (nSPS) is 20.9. The zero-order valence-electron chi connectivity index (χ0n) is 5.00. The van der Waals surface area contributed by atoms with E-state index in [0.717, 1.165) is 0 Å². The molecule has 0 unspecified atom stereocenters. The van der Waals surface area contributed by atoms with Gasteiger partial charge in [0.2, 0.25) is 0 Å². The molecule has 0 aromatic carbocycles. The number of hydrogen-bond donors (Lipinski definition) is 0. The van der Waals surface area contributed by atoms with E-state index in [0.29, 0.717) is 20.0 Å². The Morgan fingerprint density at radius 2 is 2.11 bits per heavy atom. The highest BCUT2D eigenvalue weighted by Gasteiger charge is 2.10. The van der Waals surface area contributed by atoms with Crippen LogP contribution >= 0.6 is 0 Å². The van der Waals surface area contributed by atoms with Crippen LogP contribution in [0.4, 0.5) is 0 Å². The Balaban J connectivity index is 2.31. The number of carbonyl (C=O) groups excluding carboxylic acids is 1. The van der Waals surface area contributed by atoms with Gasteiger partial charge in [-0.2, -0.15) is 0 Å². The van der Waals surface area contributed by atoms with Gasteiger partial charge in [-0.1, -0.05) is 0 Å². The third-order valence-corrected chi connectivity index (χ3v) is 1.13. The quantitative estimate of drug-likeness (QED) is 0.466. The molecule has 0 spiro atoms. The van der Waals surface area contributed by atoms with Crippen molar-refractivity contribution in [3.8, 4) is 0 Å². The zero-order chi connectivity index (χ0) is 6.53. The molecule has 1 saturated heterocycles. The fourth-order valence-electron chi connectivity index (χ4n) is 0.698. The van der Waals surface area contributed by atoms with Crippen molar-refractivity contribution in [1.82, 2.24) is 0 Å². The van der Waals surface area contributed by atoms with Crippen LogP contribution < -0.4 is 0 Å². The summed E-state index contributed by atoms with van der Waals surface area (Å²) in [5.74, 6) is 1.81. The van der Waals surface area contributed by atoms with Gasteiger partial charge in [-0.15, -0.1) is 0 Å². The number of hydrogen-bond acceptors (Lipinski definition) is 3. The minimum Gasteiger partial charge on any atom is -0.355 e. The van der Waals surface area contributed by atoms with Gasteiger partial charge < -0.3 is 9.47 Å². The van der Waals surface area contributed by atoms with Gasteiger partial charge in [-0.3, -0.25) is 0 Å². The van der Waals surface area contributed by atoms with Crippen LogP contribution in [0, 0.1) is 5.92 Å². The second-order valence-corrected chi connectivity index (χ2v) is 1.90. The molecule has 1 fully saturated rings. The average molecular weight is 128 g/mol. The molecule has 3 heteroatoms. The van der Waals surface area contributed by atoms with Crippen molar-refractivity contribution in [2.75, 3.05) is 20.0 Å². The Labute approximate surface area is 53.3 Å². The van der Waals surface area contributed by atoms with Gasteiger partial charge in [0.25, 0.3) is 0 Å². The van der Waals surface area contributed by atoms with E-state index in [1.807, 2.05) is 0 Å². The molecule has 1 aliphatic rings. The first-order valence-corrected chi connectivity index (χ1v) is 2.80. The Bertz CT molecular complexity index is 120. The van der Waals surface area contributed by atoms with Crippen molar-refractivity contribution in [3.63, 3.8) is 0 Å². The van der Waals surface area contributed by atoms with E-state index in [1.165, 1.54) is 6.08 Å². The third kappa shape index (κ3) is 1.98. The fraction of sp³-hybridized carbons (Fsp3) is 0.667. The van der Waals surface area contributed by atoms with Gasteiger partial charge in [0.05, 0.1) is 13.2 Å². The van der Waals surface area contributed by atoms with Gasteiger partial charge in [-0.05, 0) is 0 Å². The molecule has 1 heterocycles. The molecule has 50 valence electrons. The molecule has 1 rings (SSSR count). The van der Waals surface area contributed by atoms with Crippen molar-refractivity contribution in [1.29, 1.82) is 0 Å². The van der Waals surface area contributed by atoms with Crippen molar-refractivity contribution in [3.05, 3.63) is 6.08 Å². The molecule has 9 heavy (non-hydrogen) atoms. The van der Waals surface area contributed by atoms with Crippen LogP contribution in [-0.2, 0) is 14.3 Å². The lowest BCUT2D eigenvalue weighted by atomic mass is 10.2. The maximum absolute atomic E-state index is 9.78. The van der Waals surface area contributed by atoms with Crippen molar-refractivity contribution < 1.29 is 14.3 Å². The van der Waals surface area contributed by atoms with Crippen molar-refractivity contribution >= 4 is 5.94 Å². The summed E-state index contributed by atoms with van der Waals surface area (Å²) in [7, 11) is 0. The molecule has 0 amide bonds. The summed E-state index contributed by atoms with van der Waals surface area (Å²) in [6.07, 6.45) is 1.43. The van der Waals surface area contributed by atoms with E-state index >= 15 is 0 Å². The Hall–Kier alpha value is -0.630. The fourth-order valence-corrected chi connectivity index (χ4v) is 0.698. The van der Waals surface area contributed by atoms with Gasteiger partial charge >= 0.3 is 0 Å². The van der Waals surface area contributed by atoms with Crippen LogP contribution in [0.15, 0.2) is 6.08 Å². The first-order chi connectivity index (χ1) is 4.43. The maximum Gasteiger partial charge on any atom is 0.146 e. The SMILES string of the molecule is O=C=CC1COCOC1. The summed E-state index contributed by atoms with van der Waals surface area (Å²) in [6.45, 7) is 1.51. The minimum atomic E-state index is 0.108. The lowest BCUT2D eigenvalue weighted by molar-refractivity contribution is -0.115. The maximum atomic E-state index is 9.78. The zero-order valence-corrected chi connectivity index (χ0v) is 5.00. The molecule has 3 nitrogen and oxygen atoms in total. The molecular weight excluding hydrogens is 120 g/mol. The van der Waals surface area contributed by atoms with Crippen LogP contribution in [0.2, 0.25) is 0 Å². The summed E-state index contributed by atoms with van der Waals surface area (Å²) in [4.78, 5) is 9.78. The molecule has 0 aromatic rings. The first-order valence-electron chi connectivity index (χ1n) is 2.80. The molecule has 0 N–H and O–H groups in total. The first kappa shape index (κ1) is 6.49. The molecule has 1 aliphatic heterocycles. The lowest BCUT2D eigenvalue weighted by Gasteiger charge is -2.17. The molecule has 0 bridgehead atoms. The van der Waals surface area contributed by atoms with Crippen LogP contribution in [-0.4, -0.2) is 25.9 Å². The van der Waals surface area contributed by atoms with E-state index in [-0.39, 0.29) is 5.92 Å². The molecule has 0 aromatic heterocycles. The highest BCUT2D eigenvalue weighted by Crippen LogP contribution is 2.04. The Morgan fingerprint density at radius 3 is 2.67 bits per heavy atom. The standard InChI is InChI=1S/C6H8O3/c7-2-1-6-3-8-5-9-4-6/h1,6H,3-5H2. The van der Waals surface area contributed by atoms with Crippen LogP contribution in [0.5, 0.6) is 0 Å². The Kier molecular flexibility index (Phi) is 2.46. The second-order valence-electron chi connectivity index (χ2n) is 1.90. The van der Waals surface area contributed by atoms with E-state index < -0.39 is 0 Å². The van der Waals surface area contributed by atoms with Gasteiger partial charge in [0.1, 0.15) is 12.7 Å². The summed E-state index contributed by atoms with van der Waals surface area (Å²) in [5, 5.41) is 0. The van der Waals surface area contributed by atoms with Gasteiger partial charge in [0.15, 0.2) is 0 Å². The molecule has 0 saturated carbocycles. The topological polar surface area (TPSA) is 35.5 Å². The summed E-state index contributed by atoms with van der Waals surface area (Å²) < 4.78 is 9.80. The largest absolute Gasteiger partial charge is 0.355 e. The lowest BCUT2D eigenvalue weighted by Crippen LogP contribution is -2.22. The number of ether oxygens (including phenoxy) is 2. The minimum absolute atomic E-state index is 0.108. The Morgan fingerprint density at radius 1 is 1.44 bits per heavy atom. The van der Waals surface area contributed by atoms with Crippen molar-refractivity contribution in [2.45, 2.75) is 0 Å². The van der Waals surface area contributed by atoms with Gasteiger partial charge in [-0.25, -0.2) is 4.79 Å². The predicted molar refractivity (Wildman–Crippen MR) is 30.5 cm³/mol. The summed E-state index contributed by atoms with van der Waals surface area (Å²) in [5.41, 5.74) is 0. The van der Waals surface area contributed by atoms with Crippen molar-refractivity contribution in [2.24, 2.45) is 5.92 Å². The predicted octanol–water partition coefficient (Wildman–Crippen LogP) is -0.00530. The molecular formula is C6H8O3. The second kappa shape index (κ2) is 3.41. The molecule has 0 radical (unpaired) electrons. The monoisotopic (exact) mass is 128 g/mol. The molecule has 0 atom stereocenters. The molecule has 0 aliphatic carbocycles. The smallest absolute Gasteiger partial charge is 0.146 e.